The number of nitrogens with zero attached hydrogens (tertiary/aromatic N) is 4. The van der Waals surface area contributed by atoms with Crippen LogP contribution in [0.15, 0.2) is 52.1 Å². The number of morpholine rings is 1. The number of hydrogen-bond acceptors (Lipinski definition) is 6. The maximum atomic E-state index is 13.5. The number of nitrogens with one attached hydrogen (secondary N) is 1. The molecule has 1 aromatic heterocycles. The fourth-order valence-electron chi connectivity index (χ4n) is 5.05. The largest absolute Gasteiger partial charge is 0.416 e. The van der Waals surface area contributed by atoms with Crippen molar-refractivity contribution in [3.05, 3.63) is 52.5 Å². The number of ether oxygens (including phenoxy) is 1. The first-order chi connectivity index (χ1) is 18.8. The molecular formula is C27H29BrF3N5O2S. The Morgan fingerprint density at radius 1 is 1.05 bits per heavy atom. The Labute approximate surface area is 237 Å². The Morgan fingerprint density at radius 2 is 1.77 bits per heavy atom. The molecule has 5 rings (SSSR count). The summed E-state index contributed by atoms with van der Waals surface area (Å²) in [5, 5.41) is 12.2. The minimum Gasteiger partial charge on any atom is -0.378 e. The number of amides is 1. The van der Waals surface area contributed by atoms with Crippen molar-refractivity contribution in [3.63, 3.8) is 0 Å². The zero-order valence-electron chi connectivity index (χ0n) is 21.2. The fourth-order valence-corrected chi connectivity index (χ4v) is 6.12. The summed E-state index contributed by atoms with van der Waals surface area (Å²) in [6.45, 7) is 2.02. The van der Waals surface area contributed by atoms with Gasteiger partial charge in [-0.25, -0.2) is 0 Å². The second kappa shape index (κ2) is 12.3. The summed E-state index contributed by atoms with van der Waals surface area (Å²) in [5.41, 5.74) is 0.819. The molecule has 2 aromatic carbocycles. The fraction of sp³-hybridized carbons (Fsp3) is 0.444. The lowest BCUT2D eigenvalue weighted by Crippen LogP contribution is -2.37. The number of aromatic nitrogens is 3. The van der Waals surface area contributed by atoms with E-state index in [1.54, 1.807) is 0 Å². The monoisotopic (exact) mass is 623 g/mol. The van der Waals surface area contributed by atoms with Crippen LogP contribution in [0.3, 0.4) is 0 Å². The van der Waals surface area contributed by atoms with Gasteiger partial charge in [0.2, 0.25) is 5.91 Å². The lowest BCUT2D eigenvalue weighted by atomic mass is 9.95. The van der Waals surface area contributed by atoms with E-state index < -0.39 is 17.6 Å². The molecule has 7 nitrogen and oxygen atoms in total. The van der Waals surface area contributed by atoms with Crippen LogP contribution < -0.4 is 10.2 Å². The van der Waals surface area contributed by atoms with E-state index in [1.165, 1.54) is 24.2 Å². The van der Waals surface area contributed by atoms with E-state index in [2.05, 4.69) is 36.0 Å². The van der Waals surface area contributed by atoms with E-state index in [9.17, 15) is 18.0 Å². The lowest BCUT2D eigenvalue weighted by Gasteiger charge is -2.31. The zero-order valence-corrected chi connectivity index (χ0v) is 23.6. The van der Waals surface area contributed by atoms with E-state index in [0.717, 1.165) is 53.7 Å². The second-order valence-electron chi connectivity index (χ2n) is 9.64. The molecule has 208 valence electrons. The number of halogens is 4. The smallest absolute Gasteiger partial charge is 0.378 e. The quantitative estimate of drug-likeness (QED) is 0.292. The molecule has 0 unspecified atom stereocenters. The van der Waals surface area contributed by atoms with Crippen molar-refractivity contribution < 1.29 is 22.7 Å². The molecule has 0 radical (unpaired) electrons. The normalized spacial score (nSPS) is 16.9. The van der Waals surface area contributed by atoms with Gasteiger partial charge in [0.05, 0.1) is 35.9 Å². The molecule has 1 aliphatic carbocycles. The minimum atomic E-state index is -4.52. The molecule has 2 heterocycles. The first-order valence-electron chi connectivity index (χ1n) is 13.0. The van der Waals surface area contributed by atoms with Crippen LogP contribution in [-0.4, -0.2) is 52.7 Å². The van der Waals surface area contributed by atoms with Crippen LogP contribution in [0.4, 0.5) is 24.5 Å². The predicted molar refractivity (Wildman–Crippen MR) is 149 cm³/mol. The first kappa shape index (κ1) is 28.0. The van der Waals surface area contributed by atoms with Crippen molar-refractivity contribution in [1.82, 2.24) is 14.8 Å². The highest BCUT2D eigenvalue weighted by molar-refractivity contribution is 9.10. The summed E-state index contributed by atoms with van der Waals surface area (Å²) < 4.78 is 48.9. The van der Waals surface area contributed by atoms with Crippen molar-refractivity contribution in [3.8, 4) is 11.4 Å². The van der Waals surface area contributed by atoms with E-state index in [4.69, 9.17) is 4.74 Å². The molecule has 1 saturated carbocycles. The van der Waals surface area contributed by atoms with Gasteiger partial charge in [-0.05, 0) is 43.2 Å². The predicted octanol–water partition coefficient (Wildman–Crippen LogP) is 6.80. The van der Waals surface area contributed by atoms with Gasteiger partial charge in [0.1, 0.15) is 0 Å². The Morgan fingerprint density at radius 3 is 2.46 bits per heavy atom. The van der Waals surface area contributed by atoms with Crippen molar-refractivity contribution >= 4 is 45.0 Å². The summed E-state index contributed by atoms with van der Waals surface area (Å²) in [5.74, 6) is 0.339. The van der Waals surface area contributed by atoms with Gasteiger partial charge in [-0.3, -0.25) is 9.36 Å². The Kier molecular flexibility index (Phi) is 8.82. The maximum Gasteiger partial charge on any atom is 0.416 e. The van der Waals surface area contributed by atoms with Gasteiger partial charge in [0.25, 0.3) is 0 Å². The molecule has 2 fully saturated rings. The van der Waals surface area contributed by atoms with Crippen molar-refractivity contribution in [2.24, 2.45) is 0 Å². The third kappa shape index (κ3) is 6.78. The van der Waals surface area contributed by atoms with Gasteiger partial charge in [-0.2, -0.15) is 13.2 Å². The van der Waals surface area contributed by atoms with Crippen LogP contribution in [0, 0.1) is 0 Å². The molecule has 1 N–H and O–H groups in total. The average molecular weight is 625 g/mol. The number of thioether (sulfide) groups is 1. The summed E-state index contributed by atoms with van der Waals surface area (Å²) in [4.78, 5) is 15.0. The number of anilines is 2. The summed E-state index contributed by atoms with van der Waals surface area (Å²) in [6.07, 6.45) is 0.931. The topological polar surface area (TPSA) is 72.3 Å². The Bertz CT molecular complexity index is 1290. The van der Waals surface area contributed by atoms with Gasteiger partial charge in [-0.15, -0.1) is 10.2 Å². The molecule has 1 amide bonds. The molecule has 39 heavy (non-hydrogen) atoms. The maximum absolute atomic E-state index is 13.5. The van der Waals surface area contributed by atoms with Crippen molar-refractivity contribution in [2.75, 3.05) is 42.3 Å². The molecule has 3 aromatic rings. The van der Waals surface area contributed by atoms with E-state index in [0.29, 0.717) is 37.1 Å². The molecular weight excluding hydrogens is 595 g/mol. The van der Waals surface area contributed by atoms with Crippen molar-refractivity contribution in [2.45, 2.75) is 49.5 Å². The van der Waals surface area contributed by atoms with E-state index in [-0.39, 0.29) is 17.5 Å². The molecule has 0 atom stereocenters. The lowest BCUT2D eigenvalue weighted by molar-refractivity contribution is -0.137. The SMILES string of the molecule is O=C(CSc1nnc(-c2ccc(Br)cc2)n1C1CCCCC1)Nc1cc(C(F)(F)F)ccc1N1CCOCC1. The molecule has 0 bridgehead atoms. The van der Waals surface area contributed by atoms with Crippen molar-refractivity contribution in [1.29, 1.82) is 0 Å². The van der Waals surface area contributed by atoms with Crippen LogP contribution >= 0.6 is 27.7 Å². The summed E-state index contributed by atoms with van der Waals surface area (Å²) >= 11 is 4.72. The number of alkyl halides is 3. The highest BCUT2D eigenvalue weighted by atomic mass is 79.9. The summed E-state index contributed by atoms with van der Waals surface area (Å²) in [6, 6.07) is 11.6. The van der Waals surface area contributed by atoms with Gasteiger partial charge in [0, 0.05) is 29.2 Å². The van der Waals surface area contributed by atoms with Crippen LogP contribution in [0.25, 0.3) is 11.4 Å². The Hall–Kier alpha value is -2.57. The zero-order chi connectivity index (χ0) is 27.4. The summed E-state index contributed by atoms with van der Waals surface area (Å²) in [7, 11) is 0. The van der Waals surface area contributed by atoms with Gasteiger partial charge in [0.15, 0.2) is 11.0 Å². The number of carbonyl (C=O) groups excluding carboxylic acids is 1. The molecule has 12 heteroatoms. The van der Waals surface area contributed by atoms with Crippen LogP contribution in [0.5, 0.6) is 0 Å². The molecule has 2 aliphatic rings. The molecule has 1 aliphatic heterocycles. The van der Waals surface area contributed by atoms with Gasteiger partial charge < -0.3 is 15.0 Å². The highest BCUT2D eigenvalue weighted by Crippen LogP contribution is 2.38. The first-order valence-corrected chi connectivity index (χ1v) is 14.7. The Balaban J connectivity index is 1.36. The van der Waals surface area contributed by atoms with Crippen LogP contribution in [0.2, 0.25) is 0 Å². The van der Waals surface area contributed by atoms with E-state index in [1.807, 2.05) is 29.2 Å². The third-order valence-electron chi connectivity index (χ3n) is 6.99. The number of benzene rings is 2. The standard InChI is InChI=1S/C27H29BrF3N5O2S/c28-20-9-6-18(7-10-20)25-33-34-26(36(25)21-4-2-1-3-5-21)39-17-24(37)32-22-16-19(27(29,30)31)8-11-23(22)35-12-14-38-15-13-35/h6-11,16,21H,1-5,12-15,17H2,(H,32,37). The van der Waals surface area contributed by atoms with Gasteiger partial charge in [-0.1, -0.05) is 59.1 Å². The molecule has 0 spiro atoms. The van der Waals surface area contributed by atoms with Crippen LogP contribution in [-0.2, 0) is 15.7 Å². The number of carbonyl (C=O) groups is 1. The van der Waals surface area contributed by atoms with Gasteiger partial charge >= 0.3 is 6.18 Å². The minimum absolute atomic E-state index is 0.00993. The van der Waals surface area contributed by atoms with Crippen LogP contribution in [0.1, 0.15) is 43.7 Å². The third-order valence-corrected chi connectivity index (χ3v) is 8.46. The second-order valence-corrected chi connectivity index (χ2v) is 11.5. The number of hydrogen-bond donors (Lipinski definition) is 1. The number of rotatable bonds is 7. The molecule has 1 saturated heterocycles. The average Bonchev–Trinajstić information content (AvgIpc) is 3.37. The highest BCUT2D eigenvalue weighted by Gasteiger charge is 2.32. The van der Waals surface area contributed by atoms with E-state index >= 15 is 0 Å².